The van der Waals surface area contributed by atoms with Gasteiger partial charge in [-0.05, 0) is 24.6 Å². The fraction of sp³-hybridized carbons (Fsp3) is 0.417. The van der Waals surface area contributed by atoms with Gasteiger partial charge < -0.3 is 4.74 Å². The molecule has 0 radical (unpaired) electrons. The minimum Gasteiger partial charge on any atom is -0.379 e. The van der Waals surface area contributed by atoms with Crippen LogP contribution >= 0.6 is 11.8 Å². The van der Waals surface area contributed by atoms with Crippen LogP contribution in [0.2, 0.25) is 0 Å². The van der Waals surface area contributed by atoms with Gasteiger partial charge in [0, 0.05) is 11.3 Å². The number of rotatable bonds is 4. The molecular formula is C12H13FO2S. The van der Waals surface area contributed by atoms with E-state index in [2.05, 4.69) is 0 Å². The largest absolute Gasteiger partial charge is 0.379 e. The maximum absolute atomic E-state index is 13.6. The molecule has 2 nitrogen and oxygen atoms in total. The number of carbonyl (C=O) groups excluding carboxylic acids is 1. The Kier molecular flexibility index (Phi) is 3.61. The lowest BCUT2D eigenvalue weighted by molar-refractivity contribution is -0.116. The van der Waals surface area contributed by atoms with Crippen LogP contribution in [0.5, 0.6) is 0 Å². The smallest absolute Gasteiger partial charge is 0.137 e. The molecule has 16 heavy (non-hydrogen) atoms. The molecule has 1 fully saturated rings. The molecule has 0 bridgehead atoms. The van der Waals surface area contributed by atoms with Crippen LogP contribution in [0.1, 0.15) is 12.5 Å². The van der Waals surface area contributed by atoms with Gasteiger partial charge in [-0.15, -0.1) is 11.8 Å². The molecule has 86 valence electrons. The molecule has 1 aliphatic heterocycles. The summed E-state index contributed by atoms with van der Waals surface area (Å²) in [6, 6.07) is 5.01. The minimum absolute atomic E-state index is 0.0483. The third-order valence-corrected chi connectivity index (χ3v) is 3.54. The molecular weight excluding hydrogens is 227 g/mol. The second-order valence-corrected chi connectivity index (χ2v) is 5.26. The van der Waals surface area contributed by atoms with E-state index in [0.717, 1.165) is 5.56 Å². The summed E-state index contributed by atoms with van der Waals surface area (Å²) in [4.78, 5) is 11.5. The van der Waals surface area contributed by atoms with Crippen LogP contribution in [0.3, 0.4) is 0 Å². The standard InChI is InChI=1S/C12H13FO2S/c1-8(14)4-9-2-3-12(11(13)5-9)16-10-6-15-7-10/h2-3,5,10H,4,6-7H2,1H3. The lowest BCUT2D eigenvalue weighted by Gasteiger charge is -2.25. The Morgan fingerprint density at radius 3 is 2.81 bits per heavy atom. The van der Waals surface area contributed by atoms with Crippen LogP contribution in [0, 0.1) is 5.82 Å². The molecule has 4 heteroatoms. The van der Waals surface area contributed by atoms with Crippen molar-refractivity contribution in [1.82, 2.24) is 0 Å². The molecule has 0 saturated carbocycles. The van der Waals surface area contributed by atoms with Gasteiger partial charge in [0.1, 0.15) is 11.6 Å². The summed E-state index contributed by atoms with van der Waals surface area (Å²) in [5.74, 6) is -0.192. The Hall–Kier alpha value is -0.870. The Morgan fingerprint density at radius 1 is 1.56 bits per heavy atom. The quantitative estimate of drug-likeness (QED) is 0.808. The van der Waals surface area contributed by atoms with E-state index in [1.165, 1.54) is 24.8 Å². The first-order valence-electron chi connectivity index (χ1n) is 5.17. The highest BCUT2D eigenvalue weighted by Crippen LogP contribution is 2.30. The molecule has 1 aliphatic rings. The molecule has 1 aromatic carbocycles. The van der Waals surface area contributed by atoms with Gasteiger partial charge in [0.25, 0.3) is 0 Å². The SMILES string of the molecule is CC(=O)Cc1ccc(SC2COC2)c(F)c1. The number of Topliss-reactive ketones (excluding diaryl/α,β-unsaturated/α-hetero) is 1. The molecule has 0 spiro atoms. The maximum atomic E-state index is 13.6. The average molecular weight is 240 g/mol. The van der Waals surface area contributed by atoms with Crippen molar-refractivity contribution in [2.24, 2.45) is 0 Å². The van der Waals surface area contributed by atoms with Crippen LogP contribution < -0.4 is 0 Å². The van der Waals surface area contributed by atoms with Gasteiger partial charge in [0.2, 0.25) is 0 Å². The summed E-state index contributed by atoms with van der Waals surface area (Å²) < 4.78 is 18.7. The number of hydrogen-bond donors (Lipinski definition) is 0. The van der Waals surface area contributed by atoms with Crippen LogP contribution in [0.15, 0.2) is 23.1 Å². The van der Waals surface area contributed by atoms with E-state index in [0.29, 0.717) is 29.8 Å². The van der Waals surface area contributed by atoms with Gasteiger partial charge in [0.15, 0.2) is 0 Å². The zero-order valence-corrected chi connectivity index (χ0v) is 9.85. The van der Waals surface area contributed by atoms with E-state index in [1.54, 1.807) is 6.07 Å². The predicted molar refractivity (Wildman–Crippen MR) is 61.2 cm³/mol. The molecule has 1 aromatic rings. The molecule has 0 atom stereocenters. The van der Waals surface area contributed by atoms with Crippen molar-refractivity contribution in [1.29, 1.82) is 0 Å². The van der Waals surface area contributed by atoms with Crippen molar-refractivity contribution in [3.05, 3.63) is 29.6 Å². The highest BCUT2D eigenvalue weighted by molar-refractivity contribution is 8.00. The Bertz CT molecular complexity index is 402. The van der Waals surface area contributed by atoms with Gasteiger partial charge in [-0.2, -0.15) is 0 Å². The van der Waals surface area contributed by atoms with Crippen molar-refractivity contribution in [3.63, 3.8) is 0 Å². The topological polar surface area (TPSA) is 26.3 Å². The first-order chi connectivity index (χ1) is 7.65. The number of ether oxygens (including phenoxy) is 1. The highest BCUT2D eigenvalue weighted by atomic mass is 32.2. The van der Waals surface area contributed by atoms with Crippen molar-refractivity contribution < 1.29 is 13.9 Å². The summed E-state index contributed by atoms with van der Waals surface area (Å²) in [7, 11) is 0. The first-order valence-corrected chi connectivity index (χ1v) is 6.05. The Labute approximate surface area is 98.2 Å². The van der Waals surface area contributed by atoms with Gasteiger partial charge in [-0.1, -0.05) is 6.07 Å². The molecule has 1 saturated heterocycles. The number of thioether (sulfide) groups is 1. The third kappa shape index (κ3) is 2.83. The molecule has 0 amide bonds. The van der Waals surface area contributed by atoms with Crippen LogP contribution in [-0.4, -0.2) is 24.2 Å². The second-order valence-electron chi connectivity index (χ2n) is 3.92. The summed E-state index contributed by atoms with van der Waals surface area (Å²) in [6.45, 7) is 2.89. The van der Waals surface area contributed by atoms with E-state index >= 15 is 0 Å². The van der Waals surface area contributed by atoms with Crippen LogP contribution in [0.4, 0.5) is 4.39 Å². The minimum atomic E-state index is -0.240. The maximum Gasteiger partial charge on any atom is 0.137 e. The van der Waals surface area contributed by atoms with Crippen molar-refractivity contribution in [2.75, 3.05) is 13.2 Å². The lowest BCUT2D eigenvalue weighted by Crippen LogP contribution is -2.30. The van der Waals surface area contributed by atoms with Crippen LogP contribution in [-0.2, 0) is 16.0 Å². The fourth-order valence-electron chi connectivity index (χ4n) is 1.50. The Morgan fingerprint density at radius 2 is 2.31 bits per heavy atom. The third-order valence-electron chi connectivity index (χ3n) is 2.35. The summed E-state index contributed by atoms with van der Waals surface area (Å²) in [6.07, 6.45) is 0.300. The zero-order valence-electron chi connectivity index (χ0n) is 9.03. The summed E-state index contributed by atoms with van der Waals surface area (Å²) >= 11 is 1.50. The van der Waals surface area contributed by atoms with E-state index < -0.39 is 0 Å². The van der Waals surface area contributed by atoms with E-state index in [9.17, 15) is 9.18 Å². The summed E-state index contributed by atoms with van der Waals surface area (Å²) in [5, 5.41) is 0.369. The molecule has 0 unspecified atom stereocenters. The molecule has 0 aliphatic carbocycles. The van der Waals surface area contributed by atoms with E-state index in [1.807, 2.05) is 6.07 Å². The van der Waals surface area contributed by atoms with Crippen molar-refractivity contribution >= 4 is 17.5 Å². The molecule has 2 rings (SSSR count). The molecule has 1 heterocycles. The van der Waals surface area contributed by atoms with Crippen LogP contribution in [0.25, 0.3) is 0 Å². The number of carbonyl (C=O) groups is 1. The first kappa shape index (κ1) is 11.6. The van der Waals surface area contributed by atoms with Gasteiger partial charge in [-0.3, -0.25) is 4.79 Å². The van der Waals surface area contributed by atoms with Crippen molar-refractivity contribution in [2.45, 2.75) is 23.5 Å². The highest BCUT2D eigenvalue weighted by Gasteiger charge is 2.21. The molecule has 0 N–H and O–H groups in total. The normalized spacial score (nSPS) is 15.9. The predicted octanol–water partition coefficient (Wildman–Crippen LogP) is 2.45. The Balaban J connectivity index is 2.06. The van der Waals surface area contributed by atoms with Gasteiger partial charge in [0.05, 0.1) is 18.5 Å². The molecule has 0 aromatic heterocycles. The summed E-state index contributed by atoms with van der Waals surface area (Å²) in [5.41, 5.74) is 0.735. The zero-order chi connectivity index (χ0) is 11.5. The van der Waals surface area contributed by atoms with E-state index in [4.69, 9.17) is 4.74 Å². The number of ketones is 1. The van der Waals surface area contributed by atoms with E-state index in [-0.39, 0.29) is 11.6 Å². The van der Waals surface area contributed by atoms with Gasteiger partial charge >= 0.3 is 0 Å². The number of hydrogen-bond acceptors (Lipinski definition) is 3. The van der Waals surface area contributed by atoms with Gasteiger partial charge in [-0.25, -0.2) is 4.39 Å². The lowest BCUT2D eigenvalue weighted by atomic mass is 10.1. The average Bonchev–Trinajstić information content (AvgIpc) is 2.12. The fourth-order valence-corrected chi connectivity index (χ4v) is 2.50. The number of halogens is 1. The second kappa shape index (κ2) is 4.97. The van der Waals surface area contributed by atoms with Crippen molar-refractivity contribution in [3.8, 4) is 0 Å². The monoisotopic (exact) mass is 240 g/mol. The number of benzene rings is 1.